The van der Waals surface area contributed by atoms with Gasteiger partial charge in [-0.05, 0) is 41.3 Å². The molecule has 48 heavy (non-hydrogen) atoms. The number of benzene rings is 4. The van der Waals surface area contributed by atoms with Crippen LogP contribution in [-0.4, -0.2) is 64.5 Å². The van der Waals surface area contributed by atoms with Crippen molar-refractivity contribution in [2.24, 2.45) is 0 Å². The Hall–Kier alpha value is -5.22. The SMILES string of the molecule is O=C(N[C@@H](Cc1cc(F)cc(F)c1)C(=O)N1CC[C@@H]2[C@H]1C(=O)CN2C(=O)c1csc2ccccc12)C(c1ccccc1)c1ccccc1. The van der Waals surface area contributed by atoms with Crippen molar-refractivity contribution in [3.63, 3.8) is 0 Å². The van der Waals surface area contributed by atoms with Gasteiger partial charge >= 0.3 is 0 Å². The molecule has 3 amide bonds. The van der Waals surface area contributed by atoms with Gasteiger partial charge in [-0.2, -0.15) is 0 Å². The lowest BCUT2D eigenvalue weighted by Gasteiger charge is -2.29. The van der Waals surface area contributed by atoms with Crippen LogP contribution in [0.5, 0.6) is 0 Å². The summed E-state index contributed by atoms with van der Waals surface area (Å²) in [7, 11) is 0. The fourth-order valence-corrected chi connectivity index (χ4v) is 7.98. The molecule has 0 radical (unpaired) electrons. The molecule has 242 valence electrons. The van der Waals surface area contributed by atoms with E-state index in [2.05, 4.69) is 5.32 Å². The van der Waals surface area contributed by atoms with Gasteiger partial charge in [0, 0.05) is 34.5 Å². The zero-order valence-electron chi connectivity index (χ0n) is 25.7. The molecule has 1 aromatic heterocycles. The van der Waals surface area contributed by atoms with Crippen LogP contribution >= 0.6 is 11.3 Å². The van der Waals surface area contributed by atoms with E-state index < -0.39 is 47.5 Å². The first kappa shape index (κ1) is 31.4. The van der Waals surface area contributed by atoms with Crippen LogP contribution in [0.1, 0.15) is 39.4 Å². The Morgan fingerprint density at radius 1 is 0.833 bits per heavy atom. The summed E-state index contributed by atoms with van der Waals surface area (Å²) in [4.78, 5) is 58.8. The number of amides is 3. The number of nitrogens with one attached hydrogen (secondary N) is 1. The number of carbonyl (C=O) groups excluding carboxylic acids is 4. The van der Waals surface area contributed by atoms with Gasteiger partial charge in [0.1, 0.15) is 23.7 Å². The Balaban J connectivity index is 1.18. The van der Waals surface area contributed by atoms with Crippen LogP contribution in [0.3, 0.4) is 0 Å². The number of carbonyl (C=O) groups is 4. The first-order valence-electron chi connectivity index (χ1n) is 15.7. The van der Waals surface area contributed by atoms with E-state index >= 15 is 0 Å². The summed E-state index contributed by atoms with van der Waals surface area (Å²) >= 11 is 1.45. The number of fused-ring (bicyclic) bond motifs is 2. The number of nitrogens with zero attached hydrogens (tertiary/aromatic N) is 2. The highest BCUT2D eigenvalue weighted by atomic mass is 32.1. The molecule has 0 unspecified atom stereocenters. The molecule has 2 saturated heterocycles. The molecule has 1 N–H and O–H groups in total. The van der Waals surface area contributed by atoms with Gasteiger partial charge in [-0.1, -0.05) is 78.9 Å². The van der Waals surface area contributed by atoms with Gasteiger partial charge in [-0.3, -0.25) is 19.2 Å². The molecular weight excluding hydrogens is 632 g/mol. The standard InChI is InChI=1S/C38H31F2N3O4S/c39-26-17-23(18-27(40)20-26)19-30(41-36(45)34(24-9-3-1-4-10-24)25-11-5-2-6-12-25)38(47)42-16-15-31-35(42)32(44)21-43(31)37(46)29-22-48-33-14-8-7-13-28(29)33/h1-14,17-18,20,22,30-31,34-35H,15-16,19,21H2,(H,41,45)/t30-,31+,35-/m0/s1. The summed E-state index contributed by atoms with van der Waals surface area (Å²) < 4.78 is 29.5. The van der Waals surface area contributed by atoms with Crippen molar-refractivity contribution in [3.8, 4) is 0 Å². The third-order valence-corrected chi connectivity index (χ3v) is 10.1. The largest absolute Gasteiger partial charge is 0.343 e. The van der Waals surface area contributed by atoms with Crippen LogP contribution in [0, 0.1) is 11.6 Å². The van der Waals surface area contributed by atoms with E-state index in [1.54, 1.807) is 10.3 Å². The van der Waals surface area contributed by atoms with Gasteiger partial charge < -0.3 is 15.1 Å². The highest BCUT2D eigenvalue weighted by Gasteiger charge is 2.52. The minimum Gasteiger partial charge on any atom is -0.343 e. The van der Waals surface area contributed by atoms with Crippen LogP contribution in [0.2, 0.25) is 0 Å². The van der Waals surface area contributed by atoms with Crippen molar-refractivity contribution >= 4 is 44.9 Å². The molecule has 0 aliphatic carbocycles. The Morgan fingerprint density at radius 2 is 1.46 bits per heavy atom. The van der Waals surface area contributed by atoms with Crippen molar-refractivity contribution in [2.45, 2.75) is 36.9 Å². The maximum absolute atomic E-state index is 14.4. The molecule has 10 heteroatoms. The molecule has 2 aliphatic rings. The summed E-state index contributed by atoms with van der Waals surface area (Å²) in [6, 6.07) is 26.1. The second-order valence-corrected chi connectivity index (χ2v) is 13.1. The molecule has 5 aromatic rings. The topological polar surface area (TPSA) is 86.8 Å². The van der Waals surface area contributed by atoms with Crippen molar-refractivity contribution in [1.29, 1.82) is 0 Å². The van der Waals surface area contributed by atoms with E-state index in [-0.39, 0.29) is 36.8 Å². The van der Waals surface area contributed by atoms with Crippen molar-refractivity contribution in [2.75, 3.05) is 13.1 Å². The fraction of sp³-hybridized carbons (Fsp3) is 0.211. The number of ketones is 1. The molecule has 2 fully saturated rings. The van der Waals surface area contributed by atoms with E-state index in [0.29, 0.717) is 23.1 Å². The predicted octanol–water partition coefficient (Wildman–Crippen LogP) is 5.73. The lowest BCUT2D eigenvalue weighted by atomic mass is 9.90. The Morgan fingerprint density at radius 3 is 2.12 bits per heavy atom. The molecule has 7 nitrogen and oxygen atoms in total. The first-order chi connectivity index (χ1) is 23.3. The lowest BCUT2D eigenvalue weighted by molar-refractivity contribution is -0.140. The minimum absolute atomic E-state index is 0.141. The number of Topliss-reactive ketones (excluding diaryl/α,β-unsaturated/α-hetero) is 1. The molecule has 0 saturated carbocycles. The van der Waals surface area contributed by atoms with Gasteiger partial charge in [0.2, 0.25) is 11.8 Å². The predicted molar refractivity (Wildman–Crippen MR) is 178 cm³/mol. The number of likely N-dealkylation sites (tertiary alicyclic amines) is 2. The molecule has 7 rings (SSSR count). The lowest BCUT2D eigenvalue weighted by Crippen LogP contribution is -2.54. The number of thiophene rings is 1. The van der Waals surface area contributed by atoms with Crippen molar-refractivity contribution < 1.29 is 28.0 Å². The van der Waals surface area contributed by atoms with E-state index in [4.69, 9.17) is 0 Å². The summed E-state index contributed by atoms with van der Waals surface area (Å²) in [5.41, 5.74) is 2.09. The van der Waals surface area contributed by atoms with Crippen LogP contribution in [0.4, 0.5) is 8.78 Å². The van der Waals surface area contributed by atoms with Crippen molar-refractivity contribution in [3.05, 3.63) is 142 Å². The van der Waals surface area contributed by atoms with E-state index in [1.165, 1.54) is 16.2 Å². The number of rotatable bonds is 8. The smallest absolute Gasteiger partial charge is 0.256 e. The van der Waals surface area contributed by atoms with Crippen LogP contribution in [0.25, 0.3) is 10.1 Å². The fourth-order valence-electron chi connectivity index (χ4n) is 7.04. The van der Waals surface area contributed by atoms with E-state index in [1.807, 2.05) is 84.9 Å². The molecule has 2 aliphatic heterocycles. The minimum atomic E-state index is -1.24. The second kappa shape index (κ2) is 13.1. The van der Waals surface area contributed by atoms with Crippen LogP contribution in [0.15, 0.2) is 109 Å². The molecule has 3 atom stereocenters. The summed E-state index contributed by atoms with van der Waals surface area (Å²) in [6.07, 6.45) is 0.170. The molecule has 3 heterocycles. The maximum atomic E-state index is 14.4. The zero-order valence-corrected chi connectivity index (χ0v) is 26.5. The van der Waals surface area contributed by atoms with Crippen LogP contribution in [-0.2, 0) is 20.8 Å². The summed E-state index contributed by atoms with van der Waals surface area (Å²) in [5.74, 6) is -3.96. The summed E-state index contributed by atoms with van der Waals surface area (Å²) in [5, 5.41) is 5.49. The Labute approximate surface area is 279 Å². The molecule has 0 bridgehead atoms. The quantitative estimate of drug-likeness (QED) is 0.230. The Kier molecular flexibility index (Phi) is 8.58. The average Bonchev–Trinajstić information content (AvgIpc) is 3.80. The highest BCUT2D eigenvalue weighted by molar-refractivity contribution is 7.17. The van der Waals surface area contributed by atoms with Crippen molar-refractivity contribution in [1.82, 2.24) is 15.1 Å². The summed E-state index contributed by atoms with van der Waals surface area (Å²) in [6.45, 7) is 0.0388. The third-order valence-electron chi connectivity index (χ3n) is 9.18. The molecule has 0 spiro atoms. The number of hydrogen-bond donors (Lipinski definition) is 1. The number of hydrogen-bond acceptors (Lipinski definition) is 5. The Bertz CT molecular complexity index is 1960. The van der Waals surface area contributed by atoms with Gasteiger partial charge in [0.25, 0.3) is 5.91 Å². The molecular formula is C38H31F2N3O4S. The third kappa shape index (κ3) is 5.99. The maximum Gasteiger partial charge on any atom is 0.256 e. The highest BCUT2D eigenvalue weighted by Crippen LogP contribution is 2.34. The second-order valence-electron chi connectivity index (χ2n) is 12.2. The van der Waals surface area contributed by atoms with E-state index in [9.17, 15) is 28.0 Å². The molecule has 4 aromatic carbocycles. The first-order valence-corrected chi connectivity index (χ1v) is 16.6. The van der Waals surface area contributed by atoms with Crippen LogP contribution < -0.4 is 5.32 Å². The number of halogens is 2. The van der Waals surface area contributed by atoms with Gasteiger partial charge in [-0.15, -0.1) is 11.3 Å². The van der Waals surface area contributed by atoms with Gasteiger partial charge in [0.15, 0.2) is 5.78 Å². The normalized spacial score (nSPS) is 17.9. The zero-order chi connectivity index (χ0) is 33.4. The van der Waals surface area contributed by atoms with Gasteiger partial charge in [0.05, 0.1) is 24.1 Å². The average molecular weight is 664 g/mol. The van der Waals surface area contributed by atoms with E-state index in [0.717, 1.165) is 28.3 Å². The van der Waals surface area contributed by atoms with Gasteiger partial charge in [-0.25, -0.2) is 8.78 Å². The monoisotopic (exact) mass is 663 g/mol.